The zero-order valence-electron chi connectivity index (χ0n) is 12.0. The van der Waals surface area contributed by atoms with Gasteiger partial charge in [-0.1, -0.05) is 18.2 Å². The molecule has 0 saturated heterocycles. The molecule has 0 aromatic heterocycles. The third kappa shape index (κ3) is 2.63. The summed E-state index contributed by atoms with van der Waals surface area (Å²) in [5, 5.41) is 0. The van der Waals surface area contributed by atoms with Crippen LogP contribution in [0.3, 0.4) is 0 Å². The normalized spacial score (nSPS) is 13.9. The van der Waals surface area contributed by atoms with Gasteiger partial charge in [0.25, 0.3) is 5.91 Å². The second kappa shape index (κ2) is 5.82. The van der Waals surface area contributed by atoms with Gasteiger partial charge in [0.15, 0.2) is 0 Å². The number of thioether (sulfide) groups is 1. The smallest absolute Gasteiger partial charge is 0.259 e. The van der Waals surface area contributed by atoms with Crippen molar-refractivity contribution in [1.82, 2.24) is 0 Å². The number of benzene rings is 2. The van der Waals surface area contributed by atoms with Crippen LogP contribution < -0.4 is 10.6 Å². The van der Waals surface area contributed by atoms with E-state index in [4.69, 9.17) is 5.73 Å². The van der Waals surface area contributed by atoms with E-state index < -0.39 is 0 Å². The molecule has 2 N–H and O–H groups in total. The molecule has 0 saturated carbocycles. The molecule has 1 amide bonds. The number of aryl methyl sites for hydroxylation is 1. The maximum absolute atomic E-state index is 12.9. The van der Waals surface area contributed by atoms with E-state index in [1.165, 1.54) is 5.56 Å². The molecule has 1 aliphatic heterocycles. The Labute approximate surface area is 129 Å². The number of carbonyl (C=O) groups excluding carboxylic acids is 1. The molecule has 4 heteroatoms. The van der Waals surface area contributed by atoms with Gasteiger partial charge < -0.3 is 10.6 Å². The Hall–Kier alpha value is -1.94. The first-order chi connectivity index (χ1) is 10.2. The summed E-state index contributed by atoms with van der Waals surface area (Å²) in [5.41, 5.74) is 9.52. The van der Waals surface area contributed by atoms with Gasteiger partial charge in [0.05, 0.1) is 5.56 Å². The number of nitrogens with zero attached hydrogens (tertiary/aromatic N) is 1. The van der Waals surface area contributed by atoms with Crippen molar-refractivity contribution in [1.29, 1.82) is 0 Å². The predicted octanol–water partition coefficient (Wildman–Crippen LogP) is 3.58. The summed E-state index contributed by atoms with van der Waals surface area (Å²) >= 11 is 1.60. The molecule has 0 unspecified atom stereocenters. The van der Waals surface area contributed by atoms with Gasteiger partial charge in [-0.25, -0.2) is 0 Å². The minimum Gasteiger partial charge on any atom is -0.399 e. The topological polar surface area (TPSA) is 46.3 Å². The van der Waals surface area contributed by atoms with Crippen molar-refractivity contribution in [2.45, 2.75) is 17.7 Å². The third-order valence-corrected chi connectivity index (χ3v) is 4.61. The molecule has 3 rings (SSSR count). The molecule has 1 heterocycles. The Morgan fingerprint density at radius 1 is 1.24 bits per heavy atom. The van der Waals surface area contributed by atoms with Crippen molar-refractivity contribution >= 4 is 29.0 Å². The number of amides is 1. The average molecular weight is 298 g/mol. The number of hydrogen-bond donors (Lipinski definition) is 1. The number of rotatable bonds is 2. The molecular formula is C17H18N2OS. The van der Waals surface area contributed by atoms with Crippen LogP contribution in [0.2, 0.25) is 0 Å². The van der Waals surface area contributed by atoms with Crippen LogP contribution in [0.25, 0.3) is 0 Å². The van der Waals surface area contributed by atoms with Gasteiger partial charge in [-0.3, -0.25) is 4.79 Å². The minimum atomic E-state index is 0.0616. The number of fused-ring (bicyclic) bond motifs is 1. The molecule has 0 bridgehead atoms. The number of carbonyl (C=O) groups is 1. The number of nitrogens with two attached hydrogens (primary N) is 1. The zero-order valence-corrected chi connectivity index (χ0v) is 12.8. The Balaban J connectivity index is 2.02. The Morgan fingerprint density at radius 2 is 2.05 bits per heavy atom. The lowest BCUT2D eigenvalue weighted by molar-refractivity contribution is 0.0982. The lowest BCUT2D eigenvalue weighted by Crippen LogP contribution is -2.35. The van der Waals surface area contributed by atoms with Crippen LogP contribution >= 0.6 is 11.8 Å². The van der Waals surface area contributed by atoms with Crippen molar-refractivity contribution in [3.05, 3.63) is 53.6 Å². The molecule has 3 nitrogen and oxygen atoms in total. The highest BCUT2D eigenvalue weighted by Crippen LogP contribution is 2.31. The highest BCUT2D eigenvalue weighted by molar-refractivity contribution is 7.98. The van der Waals surface area contributed by atoms with Crippen molar-refractivity contribution < 1.29 is 4.79 Å². The predicted molar refractivity (Wildman–Crippen MR) is 89.1 cm³/mol. The average Bonchev–Trinajstić information content (AvgIpc) is 2.53. The Bertz CT molecular complexity index is 684. The van der Waals surface area contributed by atoms with E-state index in [1.807, 2.05) is 53.6 Å². The van der Waals surface area contributed by atoms with Crippen LogP contribution in [-0.2, 0) is 6.42 Å². The van der Waals surface area contributed by atoms with Gasteiger partial charge in [0.2, 0.25) is 0 Å². The number of hydrogen-bond acceptors (Lipinski definition) is 3. The second-order valence-corrected chi connectivity index (χ2v) is 6.00. The quantitative estimate of drug-likeness (QED) is 0.681. The molecule has 2 aromatic carbocycles. The Morgan fingerprint density at radius 3 is 2.86 bits per heavy atom. The van der Waals surface area contributed by atoms with Gasteiger partial charge in [-0.15, -0.1) is 11.8 Å². The van der Waals surface area contributed by atoms with Crippen LogP contribution in [0.15, 0.2) is 47.4 Å². The molecule has 21 heavy (non-hydrogen) atoms. The third-order valence-electron chi connectivity index (χ3n) is 3.81. The first kappa shape index (κ1) is 14.0. The van der Waals surface area contributed by atoms with E-state index in [-0.39, 0.29) is 5.91 Å². The summed E-state index contributed by atoms with van der Waals surface area (Å²) in [6.07, 6.45) is 3.99. The Kier molecular flexibility index (Phi) is 3.88. The van der Waals surface area contributed by atoms with E-state index in [0.717, 1.165) is 35.5 Å². The van der Waals surface area contributed by atoms with Crippen LogP contribution in [-0.4, -0.2) is 18.7 Å². The summed E-state index contributed by atoms with van der Waals surface area (Å²) in [5.74, 6) is 0.0616. The van der Waals surface area contributed by atoms with Crippen LogP contribution in [0.5, 0.6) is 0 Å². The van der Waals surface area contributed by atoms with Gasteiger partial charge in [0.1, 0.15) is 0 Å². The van der Waals surface area contributed by atoms with Crippen LogP contribution in [0.1, 0.15) is 22.3 Å². The number of anilines is 2. The summed E-state index contributed by atoms with van der Waals surface area (Å²) in [6, 6.07) is 13.6. The fourth-order valence-corrected chi connectivity index (χ4v) is 3.36. The fourth-order valence-electron chi connectivity index (χ4n) is 2.77. The SMILES string of the molecule is CSc1ccccc1C(=O)N1CCCc2ccc(N)cc21. The molecule has 0 radical (unpaired) electrons. The maximum atomic E-state index is 12.9. The first-order valence-electron chi connectivity index (χ1n) is 7.04. The molecule has 0 aliphatic carbocycles. The summed E-state index contributed by atoms with van der Waals surface area (Å²) in [6.45, 7) is 0.748. The first-order valence-corrected chi connectivity index (χ1v) is 8.26. The van der Waals surface area contributed by atoms with Crippen molar-refractivity contribution in [3.8, 4) is 0 Å². The van der Waals surface area contributed by atoms with Gasteiger partial charge in [-0.05, 0) is 48.9 Å². The van der Waals surface area contributed by atoms with Crippen molar-refractivity contribution in [3.63, 3.8) is 0 Å². The van der Waals surface area contributed by atoms with Crippen LogP contribution in [0.4, 0.5) is 11.4 Å². The largest absolute Gasteiger partial charge is 0.399 e. The fraction of sp³-hybridized carbons (Fsp3) is 0.235. The van der Waals surface area contributed by atoms with Gasteiger partial charge in [0, 0.05) is 22.8 Å². The summed E-state index contributed by atoms with van der Waals surface area (Å²) in [4.78, 5) is 15.8. The lowest BCUT2D eigenvalue weighted by Gasteiger charge is -2.30. The highest BCUT2D eigenvalue weighted by Gasteiger charge is 2.25. The number of nitrogen functional groups attached to an aromatic ring is 1. The van der Waals surface area contributed by atoms with E-state index in [1.54, 1.807) is 11.8 Å². The second-order valence-electron chi connectivity index (χ2n) is 5.15. The maximum Gasteiger partial charge on any atom is 0.259 e. The zero-order chi connectivity index (χ0) is 14.8. The van der Waals surface area contributed by atoms with Crippen LogP contribution in [0, 0.1) is 0 Å². The molecule has 0 fully saturated rings. The van der Waals surface area contributed by atoms with E-state index in [2.05, 4.69) is 0 Å². The lowest BCUT2D eigenvalue weighted by atomic mass is 10.00. The molecule has 2 aromatic rings. The standard InChI is InChI=1S/C17H18N2OS/c1-21-16-7-3-2-6-14(16)17(20)19-10-4-5-12-8-9-13(18)11-15(12)19/h2-3,6-9,11H,4-5,10,18H2,1H3. The summed E-state index contributed by atoms with van der Waals surface area (Å²) < 4.78 is 0. The monoisotopic (exact) mass is 298 g/mol. The van der Waals surface area contributed by atoms with E-state index in [0.29, 0.717) is 5.69 Å². The van der Waals surface area contributed by atoms with Gasteiger partial charge >= 0.3 is 0 Å². The molecular weight excluding hydrogens is 280 g/mol. The molecule has 108 valence electrons. The molecule has 1 aliphatic rings. The molecule has 0 atom stereocenters. The van der Waals surface area contributed by atoms with E-state index >= 15 is 0 Å². The van der Waals surface area contributed by atoms with Gasteiger partial charge in [-0.2, -0.15) is 0 Å². The summed E-state index contributed by atoms with van der Waals surface area (Å²) in [7, 11) is 0. The highest BCUT2D eigenvalue weighted by atomic mass is 32.2. The molecule has 0 spiro atoms. The van der Waals surface area contributed by atoms with Crippen molar-refractivity contribution in [2.24, 2.45) is 0 Å². The minimum absolute atomic E-state index is 0.0616. The van der Waals surface area contributed by atoms with Crippen molar-refractivity contribution in [2.75, 3.05) is 23.4 Å². The van der Waals surface area contributed by atoms with E-state index in [9.17, 15) is 4.79 Å².